The first-order valence-corrected chi connectivity index (χ1v) is 12.7. The summed E-state index contributed by atoms with van der Waals surface area (Å²) in [6.07, 6.45) is 3.17. The number of carbonyl (C=O) groups excluding carboxylic acids is 1. The van der Waals surface area contributed by atoms with Gasteiger partial charge in [0.1, 0.15) is 13.2 Å². The molecule has 1 aliphatic heterocycles. The van der Waals surface area contributed by atoms with Crippen molar-refractivity contribution in [2.45, 2.75) is 24.9 Å². The molecule has 0 amide bonds. The van der Waals surface area contributed by atoms with Crippen LogP contribution in [0.4, 0.5) is 0 Å². The van der Waals surface area contributed by atoms with Crippen molar-refractivity contribution in [3.05, 3.63) is 94.0 Å². The van der Waals surface area contributed by atoms with E-state index in [9.17, 15) is 18.0 Å². The number of hydrogen-bond acceptors (Lipinski definition) is 7. The second kappa shape index (κ2) is 9.56. The molecule has 36 heavy (non-hydrogen) atoms. The number of H-pyrrole nitrogens is 1. The number of ether oxygens (including phenoxy) is 2. The highest BCUT2D eigenvalue weighted by molar-refractivity contribution is 7.89. The maximum absolute atomic E-state index is 13.7. The highest BCUT2D eigenvalue weighted by Crippen LogP contribution is 2.34. The van der Waals surface area contributed by atoms with Crippen molar-refractivity contribution in [3.8, 4) is 11.5 Å². The molecule has 10 heteroatoms. The summed E-state index contributed by atoms with van der Waals surface area (Å²) >= 11 is 0. The summed E-state index contributed by atoms with van der Waals surface area (Å²) < 4.78 is 39.9. The molecular weight excluding hydrogens is 482 g/mol. The van der Waals surface area contributed by atoms with E-state index in [0.717, 1.165) is 0 Å². The molecule has 1 aliphatic rings. The van der Waals surface area contributed by atoms with Crippen LogP contribution in [0, 0.1) is 0 Å². The largest absolute Gasteiger partial charge is 0.486 e. The van der Waals surface area contributed by atoms with E-state index >= 15 is 0 Å². The van der Waals surface area contributed by atoms with Gasteiger partial charge in [0, 0.05) is 48.1 Å². The highest BCUT2D eigenvalue weighted by Gasteiger charge is 2.27. The van der Waals surface area contributed by atoms with Gasteiger partial charge in [-0.05, 0) is 42.8 Å². The van der Waals surface area contributed by atoms with Crippen molar-refractivity contribution in [2.24, 2.45) is 0 Å². The van der Waals surface area contributed by atoms with Crippen LogP contribution >= 0.6 is 0 Å². The summed E-state index contributed by atoms with van der Waals surface area (Å²) in [6, 6.07) is 14.5. The Morgan fingerprint density at radius 1 is 1.03 bits per heavy atom. The molecule has 2 aromatic carbocycles. The van der Waals surface area contributed by atoms with E-state index in [1.807, 2.05) is 0 Å². The van der Waals surface area contributed by atoms with Crippen LogP contribution in [0.3, 0.4) is 0 Å². The van der Waals surface area contributed by atoms with Crippen LogP contribution in [-0.2, 0) is 23.1 Å². The zero-order valence-corrected chi connectivity index (χ0v) is 20.2. The fourth-order valence-electron chi connectivity index (χ4n) is 4.04. The van der Waals surface area contributed by atoms with Gasteiger partial charge in [-0.1, -0.05) is 18.2 Å². The van der Waals surface area contributed by atoms with Gasteiger partial charge in [0.25, 0.3) is 5.56 Å². The van der Waals surface area contributed by atoms with Gasteiger partial charge in [0.2, 0.25) is 10.0 Å². The van der Waals surface area contributed by atoms with Crippen molar-refractivity contribution < 1.29 is 22.7 Å². The standard InChI is InChI=1S/C26H23N3O6S/c1-17(30)19-5-2-6-22(11-19)36(32,33)29(15-18-4-3-7-27-14-18)16-21-10-20-12-24-25(35-9-8-34-24)13-23(20)28-26(21)31/h2-7,10-14H,8-9,15-16H2,1H3,(H,28,31). The average Bonchev–Trinajstić information content (AvgIpc) is 2.88. The fraction of sp³-hybridized carbons (Fsp3) is 0.192. The average molecular weight is 506 g/mol. The number of sulfonamides is 1. The van der Waals surface area contributed by atoms with Crippen LogP contribution in [0.15, 0.2) is 76.7 Å². The molecule has 0 radical (unpaired) electrons. The van der Waals surface area contributed by atoms with Gasteiger partial charge in [-0.3, -0.25) is 14.6 Å². The molecule has 0 unspecified atom stereocenters. The number of Topliss-reactive ketones (excluding diaryl/α,β-unsaturated/α-hetero) is 1. The predicted molar refractivity (Wildman–Crippen MR) is 133 cm³/mol. The smallest absolute Gasteiger partial charge is 0.252 e. The van der Waals surface area contributed by atoms with Gasteiger partial charge >= 0.3 is 0 Å². The number of rotatable bonds is 7. The Balaban J connectivity index is 1.57. The van der Waals surface area contributed by atoms with E-state index in [4.69, 9.17) is 9.47 Å². The first kappa shape index (κ1) is 23.7. The molecule has 0 atom stereocenters. The molecule has 4 aromatic rings. The van der Waals surface area contributed by atoms with Crippen LogP contribution in [0.2, 0.25) is 0 Å². The Labute approximate surface area is 207 Å². The zero-order valence-electron chi connectivity index (χ0n) is 19.4. The lowest BCUT2D eigenvalue weighted by Crippen LogP contribution is -2.32. The number of pyridine rings is 2. The van der Waals surface area contributed by atoms with Crippen molar-refractivity contribution >= 4 is 26.7 Å². The van der Waals surface area contributed by atoms with E-state index in [1.54, 1.807) is 48.8 Å². The molecule has 0 saturated carbocycles. The first-order chi connectivity index (χ1) is 17.3. The number of nitrogens with one attached hydrogen (secondary N) is 1. The van der Waals surface area contributed by atoms with Crippen LogP contribution in [0.1, 0.15) is 28.4 Å². The van der Waals surface area contributed by atoms with Crippen LogP contribution in [-0.4, -0.2) is 41.7 Å². The predicted octanol–water partition coefficient (Wildman–Crippen LogP) is 3.29. The maximum atomic E-state index is 13.7. The van der Waals surface area contributed by atoms with E-state index in [1.165, 1.54) is 29.4 Å². The number of carbonyl (C=O) groups is 1. The molecule has 5 rings (SSSR count). The lowest BCUT2D eigenvalue weighted by atomic mass is 10.1. The number of fused-ring (bicyclic) bond motifs is 2. The van der Waals surface area contributed by atoms with E-state index < -0.39 is 15.6 Å². The quantitative estimate of drug-likeness (QED) is 0.383. The lowest BCUT2D eigenvalue weighted by Gasteiger charge is -2.23. The van der Waals surface area contributed by atoms with Gasteiger partial charge in [0.15, 0.2) is 17.3 Å². The van der Waals surface area contributed by atoms with Crippen LogP contribution in [0.25, 0.3) is 10.9 Å². The number of benzene rings is 2. The Morgan fingerprint density at radius 2 is 1.81 bits per heavy atom. The number of aromatic nitrogens is 2. The summed E-state index contributed by atoms with van der Waals surface area (Å²) in [6.45, 7) is 2.01. The number of nitrogens with zero attached hydrogens (tertiary/aromatic N) is 2. The molecule has 0 spiro atoms. The van der Waals surface area contributed by atoms with Crippen molar-refractivity contribution in [1.82, 2.24) is 14.3 Å². The molecule has 9 nitrogen and oxygen atoms in total. The van der Waals surface area contributed by atoms with Gasteiger partial charge in [-0.2, -0.15) is 4.31 Å². The number of hydrogen-bond donors (Lipinski definition) is 1. The van der Waals surface area contributed by atoms with E-state index in [2.05, 4.69) is 9.97 Å². The molecule has 184 valence electrons. The molecule has 3 heterocycles. The van der Waals surface area contributed by atoms with E-state index in [0.29, 0.717) is 41.2 Å². The third-order valence-corrected chi connectivity index (χ3v) is 7.68. The molecule has 0 aliphatic carbocycles. The van der Waals surface area contributed by atoms with Gasteiger partial charge in [-0.25, -0.2) is 8.42 Å². The molecule has 0 bridgehead atoms. The second-order valence-corrected chi connectivity index (χ2v) is 10.4. The van der Waals surface area contributed by atoms with Gasteiger partial charge in [0.05, 0.1) is 10.4 Å². The van der Waals surface area contributed by atoms with E-state index in [-0.39, 0.29) is 34.9 Å². The van der Waals surface area contributed by atoms with Gasteiger partial charge in [-0.15, -0.1) is 0 Å². The number of aromatic amines is 1. The normalized spacial score (nSPS) is 13.2. The summed E-state index contributed by atoms with van der Waals surface area (Å²) in [5.41, 5.74) is 1.34. The zero-order chi connectivity index (χ0) is 25.3. The number of ketones is 1. The lowest BCUT2D eigenvalue weighted by molar-refractivity contribution is 0.101. The SMILES string of the molecule is CC(=O)c1cccc(S(=O)(=O)N(Cc2cccnc2)Cc2cc3cc4c(cc3[nH]c2=O)OCCO4)c1. The van der Waals surface area contributed by atoms with Crippen molar-refractivity contribution in [3.63, 3.8) is 0 Å². The molecule has 0 saturated heterocycles. The minimum atomic E-state index is -4.08. The highest BCUT2D eigenvalue weighted by atomic mass is 32.2. The Hall–Kier alpha value is -4.02. The minimum absolute atomic E-state index is 0.0148. The fourth-order valence-corrected chi connectivity index (χ4v) is 5.49. The molecular formula is C26H23N3O6S. The molecule has 2 aromatic heterocycles. The van der Waals surface area contributed by atoms with Crippen LogP contribution < -0.4 is 15.0 Å². The minimum Gasteiger partial charge on any atom is -0.486 e. The maximum Gasteiger partial charge on any atom is 0.252 e. The third kappa shape index (κ3) is 4.73. The Morgan fingerprint density at radius 3 is 2.53 bits per heavy atom. The monoisotopic (exact) mass is 505 g/mol. The summed E-state index contributed by atoms with van der Waals surface area (Å²) in [7, 11) is -4.08. The molecule has 1 N–H and O–H groups in total. The first-order valence-electron chi connectivity index (χ1n) is 11.3. The molecule has 0 fully saturated rings. The topological polar surface area (TPSA) is 119 Å². The second-order valence-electron chi connectivity index (χ2n) is 8.43. The van der Waals surface area contributed by atoms with Crippen LogP contribution in [0.5, 0.6) is 11.5 Å². The van der Waals surface area contributed by atoms with Gasteiger partial charge < -0.3 is 14.5 Å². The summed E-state index contributed by atoms with van der Waals surface area (Å²) in [5, 5.41) is 0.686. The Kier molecular flexibility index (Phi) is 6.29. The summed E-state index contributed by atoms with van der Waals surface area (Å²) in [5.74, 6) is 0.863. The third-order valence-electron chi connectivity index (χ3n) is 5.89. The summed E-state index contributed by atoms with van der Waals surface area (Å²) in [4.78, 5) is 31.7. The Bertz CT molecular complexity index is 1620. The van der Waals surface area contributed by atoms with Crippen molar-refractivity contribution in [2.75, 3.05) is 13.2 Å². The van der Waals surface area contributed by atoms with Crippen molar-refractivity contribution in [1.29, 1.82) is 0 Å².